The molecular formula is C28H40N3O3S+. The first-order chi connectivity index (χ1) is 16.5. The Morgan fingerprint density at radius 2 is 1.57 bits per heavy atom. The summed E-state index contributed by atoms with van der Waals surface area (Å²) >= 11 is 1.81. The summed E-state index contributed by atoms with van der Waals surface area (Å²) in [5.74, 6) is 0. The second-order valence-electron chi connectivity index (χ2n) is 11.2. The molecule has 0 unspecified atom stereocenters. The average Bonchev–Trinajstić information content (AvgIpc) is 2.79. The minimum absolute atomic E-state index is 0.165. The third-order valence-electron chi connectivity index (χ3n) is 7.23. The Balaban J connectivity index is 1.37. The highest BCUT2D eigenvalue weighted by Crippen LogP contribution is 2.39. The van der Waals surface area contributed by atoms with Crippen LogP contribution in [0.5, 0.6) is 0 Å². The zero-order chi connectivity index (χ0) is 25.4. The van der Waals surface area contributed by atoms with Gasteiger partial charge >= 0.3 is 6.09 Å². The first-order valence-corrected chi connectivity index (χ1v) is 13.3. The van der Waals surface area contributed by atoms with Gasteiger partial charge in [0.05, 0.1) is 16.8 Å². The van der Waals surface area contributed by atoms with Crippen LogP contribution in [0, 0.1) is 13.8 Å². The van der Waals surface area contributed by atoms with Crippen molar-refractivity contribution >= 4 is 23.5 Å². The van der Waals surface area contributed by atoms with E-state index in [-0.39, 0.29) is 23.3 Å². The molecule has 0 atom stereocenters. The van der Waals surface area contributed by atoms with Gasteiger partial charge in [-0.1, -0.05) is 46.7 Å². The summed E-state index contributed by atoms with van der Waals surface area (Å²) < 4.78 is 5.97. The van der Waals surface area contributed by atoms with E-state index < -0.39 is 0 Å². The van der Waals surface area contributed by atoms with E-state index in [1.807, 2.05) is 44.4 Å². The number of hydrogen-bond acceptors (Lipinski definition) is 5. The highest BCUT2D eigenvalue weighted by atomic mass is 32.2. The van der Waals surface area contributed by atoms with Gasteiger partial charge in [-0.15, -0.1) is 0 Å². The van der Waals surface area contributed by atoms with Crippen LogP contribution >= 0.6 is 11.8 Å². The largest absolute Gasteiger partial charge is 0.446 e. The number of hydroxylamine groups is 2. The number of carbonyl (C=O) groups is 1. The van der Waals surface area contributed by atoms with E-state index in [4.69, 9.17) is 9.94 Å². The van der Waals surface area contributed by atoms with Crippen LogP contribution < -0.4 is 4.90 Å². The molecule has 2 fully saturated rings. The molecule has 2 N–H and O–H groups in total. The molecule has 2 aromatic carbocycles. The van der Waals surface area contributed by atoms with Gasteiger partial charge in [0.1, 0.15) is 6.10 Å². The lowest BCUT2D eigenvalue weighted by atomic mass is 9.80. The smallest absolute Gasteiger partial charge is 0.410 e. The van der Waals surface area contributed by atoms with Crippen LogP contribution in [0.3, 0.4) is 0 Å². The van der Waals surface area contributed by atoms with Gasteiger partial charge in [-0.05, 0) is 65.3 Å². The molecule has 0 aliphatic carbocycles. The lowest BCUT2D eigenvalue weighted by Crippen LogP contribution is -2.61. The van der Waals surface area contributed by atoms with Crippen LogP contribution in [-0.2, 0) is 4.74 Å². The molecule has 7 heteroatoms. The van der Waals surface area contributed by atoms with Crippen molar-refractivity contribution in [2.24, 2.45) is 0 Å². The van der Waals surface area contributed by atoms with Crippen LogP contribution in [-0.4, -0.2) is 64.6 Å². The number of nitrogens with zero attached hydrogens (tertiary/aromatic N) is 3. The molecule has 4 rings (SSSR count). The van der Waals surface area contributed by atoms with E-state index >= 15 is 0 Å². The van der Waals surface area contributed by atoms with E-state index in [0.29, 0.717) is 25.9 Å². The fourth-order valence-electron chi connectivity index (χ4n) is 5.46. The Bertz CT molecular complexity index is 1050. The lowest BCUT2D eigenvalue weighted by Gasteiger charge is -2.47. The van der Waals surface area contributed by atoms with Crippen LogP contribution in [0.25, 0.3) is 0 Å². The number of amides is 1. The third-order valence-corrected chi connectivity index (χ3v) is 8.47. The third kappa shape index (κ3) is 5.79. The fourth-order valence-corrected chi connectivity index (χ4v) is 6.50. The highest BCUT2D eigenvalue weighted by Gasteiger charge is 2.50. The molecule has 0 radical (unpaired) electrons. The van der Waals surface area contributed by atoms with Crippen molar-refractivity contribution in [2.45, 2.75) is 81.4 Å². The average molecular weight is 499 g/mol. The number of ether oxygens (including phenoxy) is 1. The number of para-hydroxylation sites is 1. The molecule has 190 valence electrons. The van der Waals surface area contributed by atoms with Gasteiger partial charge in [-0.2, -0.15) is 0 Å². The van der Waals surface area contributed by atoms with Crippen molar-refractivity contribution in [2.75, 3.05) is 31.1 Å². The van der Waals surface area contributed by atoms with Crippen molar-refractivity contribution in [3.63, 3.8) is 0 Å². The van der Waals surface area contributed by atoms with Crippen LogP contribution in [0.4, 0.5) is 10.5 Å². The minimum atomic E-state index is -0.331. The predicted octanol–water partition coefficient (Wildman–Crippen LogP) is 5.37. The van der Waals surface area contributed by atoms with Gasteiger partial charge in [-0.3, -0.25) is 0 Å². The number of carbonyl (C=O) groups excluding carboxylic acids is 1. The van der Waals surface area contributed by atoms with E-state index in [9.17, 15) is 4.79 Å². The Morgan fingerprint density at radius 1 is 0.943 bits per heavy atom. The molecule has 2 aliphatic heterocycles. The number of aryl methyl sites for hydroxylation is 2. The highest BCUT2D eigenvalue weighted by molar-refractivity contribution is 7.99. The molecule has 2 heterocycles. The predicted molar refractivity (Wildman–Crippen MR) is 143 cm³/mol. The van der Waals surface area contributed by atoms with Crippen molar-refractivity contribution < 1.29 is 14.7 Å². The second-order valence-corrected chi connectivity index (χ2v) is 12.3. The molecule has 0 spiro atoms. The molecule has 35 heavy (non-hydrogen) atoms. The quantitative estimate of drug-likeness (QED) is 0.530. The van der Waals surface area contributed by atoms with Gasteiger partial charge in [0.25, 0.3) is 0 Å². The van der Waals surface area contributed by atoms with Gasteiger partial charge in [0.2, 0.25) is 0 Å². The molecule has 1 amide bonds. The standard InChI is InChI=1S/C28H39N3O3S/c1-20-11-12-24(21(2)17-20)35-25-10-8-7-9-23(25)29-13-15-30(16-14-29)26(32)34-22-18-27(3,4)31(33)28(5,6)19-22/h7-12,17,22,33H,13-16,18-19H2,1-6H3/p+1. The van der Waals surface area contributed by atoms with Gasteiger partial charge < -0.3 is 19.7 Å². The number of piperidine rings is 1. The number of anilines is 1. The number of benzene rings is 2. The molecule has 0 aromatic heterocycles. The second kappa shape index (κ2) is 10.0. The van der Waals surface area contributed by atoms with Crippen LogP contribution in [0.15, 0.2) is 52.3 Å². The topological polar surface area (TPSA) is 58.9 Å². The Hall–Kier alpha value is -2.22. The Labute approximate surface area is 214 Å². The first kappa shape index (κ1) is 25.9. The maximum Gasteiger partial charge on any atom is 0.410 e. The fraction of sp³-hybridized carbons (Fsp3) is 0.536. The Kier molecular flexibility index (Phi) is 7.41. The van der Waals surface area contributed by atoms with Gasteiger partial charge in [-0.25, -0.2) is 4.79 Å². The summed E-state index contributed by atoms with van der Waals surface area (Å²) in [6, 6.07) is 15.1. The maximum absolute atomic E-state index is 13.0. The number of rotatable bonds is 4. The summed E-state index contributed by atoms with van der Waals surface area (Å²) in [6.45, 7) is 15.3. The molecule has 2 aromatic rings. The van der Waals surface area contributed by atoms with E-state index in [1.165, 1.54) is 26.6 Å². The van der Waals surface area contributed by atoms with Crippen molar-refractivity contribution in [3.8, 4) is 0 Å². The molecule has 2 saturated heterocycles. The molecular weight excluding hydrogens is 458 g/mol. The van der Waals surface area contributed by atoms with Crippen molar-refractivity contribution in [1.82, 2.24) is 9.96 Å². The summed E-state index contributed by atoms with van der Waals surface area (Å²) in [5.41, 5.74) is 3.13. The molecule has 0 bridgehead atoms. The van der Waals surface area contributed by atoms with Gasteiger partial charge in [0, 0.05) is 48.8 Å². The maximum atomic E-state index is 13.0. The normalized spacial score (nSPS) is 20.7. The summed E-state index contributed by atoms with van der Waals surface area (Å²) in [7, 11) is 0. The molecule has 2 aliphatic rings. The minimum Gasteiger partial charge on any atom is -0.446 e. The molecule has 6 nitrogen and oxygen atoms in total. The van der Waals surface area contributed by atoms with Crippen molar-refractivity contribution in [1.29, 1.82) is 0 Å². The number of piperazine rings is 1. The summed E-state index contributed by atoms with van der Waals surface area (Å²) in [5, 5.41) is 10.1. The SMILES string of the molecule is Cc1ccc(Sc2ccccc2N2CCN(C(=O)OC3CC(C)(C)N([OH2+])C(C)(C)C3)CC2)c(C)c1. The van der Waals surface area contributed by atoms with E-state index in [0.717, 1.165) is 13.1 Å². The first-order valence-electron chi connectivity index (χ1n) is 12.5. The summed E-state index contributed by atoms with van der Waals surface area (Å²) in [4.78, 5) is 19.7. The Morgan fingerprint density at radius 3 is 2.20 bits per heavy atom. The van der Waals surface area contributed by atoms with Crippen molar-refractivity contribution in [3.05, 3.63) is 53.6 Å². The van der Waals surface area contributed by atoms with Crippen LogP contribution in [0.1, 0.15) is 51.7 Å². The monoisotopic (exact) mass is 498 g/mol. The van der Waals surface area contributed by atoms with Crippen LogP contribution in [0.2, 0.25) is 0 Å². The number of hydrogen-bond donors (Lipinski definition) is 0. The zero-order valence-corrected chi connectivity index (χ0v) is 22.7. The lowest BCUT2D eigenvalue weighted by molar-refractivity contribution is -0.257. The summed E-state index contributed by atoms with van der Waals surface area (Å²) in [6.07, 6.45) is 0.961. The van der Waals surface area contributed by atoms with Gasteiger partial charge in [0.15, 0.2) is 0 Å². The zero-order valence-electron chi connectivity index (χ0n) is 21.9. The van der Waals surface area contributed by atoms with E-state index in [2.05, 4.69) is 61.2 Å². The van der Waals surface area contributed by atoms with E-state index in [1.54, 1.807) is 5.06 Å². The molecule has 0 saturated carbocycles.